The van der Waals surface area contributed by atoms with E-state index in [0.717, 1.165) is 24.4 Å². The van der Waals surface area contributed by atoms with Gasteiger partial charge in [-0.25, -0.2) is 0 Å². The molecule has 0 radical (unpaired) electrons. The van der Waals surface area contributed by atoms with Gasteiger partial charge in [-0.1, -0.05) is 36.2 Å². The molecule has 0 atom stereocenters. The van der Waals surface area contributed by atoms with Gasteiger partial charge in [-0.05, 0) is 36.3 Å². The number of hydrogen-bond acceptors (Lipinski definition) is 2. The van der Waals surface area contributed by atoms with E-state index in [1.165, 1.54) is 0 Å². The quantitative estimate of drug-likeness (QED) is 0.857. The SMILES string of the molecule is CCCn1c(Cc2ccc(Cl)c(Cl)c2)n[nH]c1=S. The zero-order chi connectivity index (χ0) is 13.1. The summed E-state index contributed by atoms with van der Waals surface area (Å²) in [7, 11) is 0. The van der Waals surface area contributed by atoms with Crippen LogP contribution in [0.25, 0.3) is 0 Å². The van der Waals surface area contributed by atoms with Crippen LogP contribution in [0, 0.1) is 4.77 Å². The van der Waals surface area contributed by atoms with Crippen LogP contribution >= 0.6 is 35.4 Å². The highest BCUT2D eigenvalue weighted by atomic mass is 35.5. The minimum absolute atomic E-state index is 0.561. The summed E-state index contributed by atoms with van der Waals surface area (Å²) < 4.78 is 2.67. The Morgan fingerprint density at radius 3 is 2.78 bits per heavy atom. The second kappa shape index (κ2) is 5.87. The summed E-state index contributed by atoms with van der Waals surface area (Å²) in [5, 5.41) is 8.20. The minimum Gasteiger partial charge on any atom is -0.304 e. The maximum Gasteiger partial charge on any atom is 0.195 e. The number of aromatic amines is 1. The van der Waals surface area contributed by atoms with Crippen molar-refractivity contribution in [3.05, 3.63) is 44.4 Å². The first-order valence-corrected chi connectivity index (χ1v) is 6.86. The van der Waals surface area contributed by atoms with Crippen LogP contribution in [0.1, 0.15) is 24.7 Å². The van der Waals surface area contributed by atoms with Gasteiger partial charge in [-0.2, -0.15) is 5.10 Å². The lowest BCUT2D eigenvalue weighted by Crippen LogP contribution is -2.04. The molecule has 0 aliphatic rings. The number of rotatable bonds is 4. The van der Waals surface area contributed by atoms with Gasteiger partial charge in [-0.15, -0.1) is 0 Å². The summed E-state index contributed by atoms with van der Waals surface area (Å²) in [4.78, 5) is 0. The van der Waals surface area contributed by atoms with E-state index in [9.17, 15) is 0 Å². The number of nitrogens with zero attached hydrogens (tertiary/aromatic N) is 2. The van der Waals surface area contributed by atoms with Crippen LogP contribution in [0.15, 0.2) is 18.2 Å². The Kier molecular flexibility index (Phi) is 4.43. The van der Waals surface area contributed by atoms with E-state index in [1.807, 2.05) is 16.7 Å². The van der Waals surface area contributed by atoms with E-state index < -0.39 is 0 Å². The highest BCUT2D eigenvalue weighted by Crippen LogP contribution is 2.23. The van der Waals surface area contributed by atoms with Crippen LogP contribution in [0.5, 0.6) is 0 Å². The summed E-state index contributed by atoms with van der Waals surface area (Å²) in [5.41, 5.74) is 1.07. The van der Waals surface area contributed by atoms with Crippen molar-refractivity contribution >= 4 is 35.4 Å². The number of aromatic nitrogens is 3. The van der Waals surface area contributed by atoms with Crippen LogP contribution in [-0.4, -0.2) is 14.8 Å². The van der Waals surface area contributed by atoms with Crippen LogP contribution in [0.2, 0.25) is 10.0 Å². The third kappa shape index (κ3) is 2.94. The lowest BCUT2D eigenvalue weighted by Gasteiger charge is -2.06. The smallest absolute Gasteiger partial charge is 0.195 e. The summed E-state index contributed by atoms with van der Waals surface area (Å²) in [6.45, 7) is 2.98. The highest BCUT2D eigenvalue weighted by molar-refractivity contribution is 7.71. The topological polar surface area (TPSA) is 33.6 Å². The van der Waals surface area contributed by atoms with Crippen molar-refractivity contribution in [1.82, 2.24) is 14.8 Å². The molecule has 0 aliphatic carbocycles. The summed E-state index contributed by atoms with van der Waals surface area (Å²) in [5.74, 6) is 0.917. The van der Waals surface area contributed by atoms with E-state index in [1.54, 1.807) is 6.07 Å². The molecule has 3 nitrogen and oxygen atoms in total. The van der Waals surface area contributed by atoms with Gasteiger partial charge in [-0.3, -0.25) is 5.10 Å². The van der Waals surface area contributed by atoms with Crippen LogP contribution < -0.4 is 0 Å². The average molecular weight is 302 g/mol. The van der Waals surface area contributed by atoms with Gasteiger partial charge in [0.05, 0.1) is 10.0 Å². The average Bonchev–Trinajstić information content (AvgIpc) is 2.67. The van der Waals surface area contributed by atoms with E-state index in [-0.39, 0.29) is 0 Å². The maximum absolute atomic E-state index is 6.00. The Labute approximate surface area is 121 Å². The number of hydrogen-bond donors (Lipinski definition) is 1. The first-order valence-electron chi connectivity index (χ1n) is 5.69. The van der Waals surface area contributed by atoms with E-state index in [4.69, 9.17) is 35.4 Å². The van der Waals surface area contributed by atoms with E-state index in [2.05, 4.69) is 17.1 Å². The van der Waals surface area contributed by atoms with Gasteiger partial charge in [0.1, 0.15) is 5.82 Å². The normalized spacial score (nSPS) is 10.8. The molecule has 6 heteroatoms. The fraction of sp³-hybridized carbons (Fsp3) is 0.333. The molecular weight excluding hydrogens is 289 g/mol. The number of halogens is 2. The molecule has 2 rings (SSSR count). The summed E-state index contributed by atoms with van der Waals surface area (Å²) in [6.07, 6.45) is 1.70. The third-order valence-corrected chi connectivity index (χ3v) is 3.68. The number of nitrogens with one attached hydrogen (secondary N) is 1. The first kappa shape index (κ1) is 13.6. The highest BCUT2D eigenvalue weighted by Gasteiger charge is 2.07. The second-order valence-electron chi connectivity index (χ2n) is 4.02. The van der Waals surface area contributed by atoms with Gasteiger partial charge < -0.3 is 4.57 Å². The van der Waals surface area contributed by atoms with Crippen molar-refractivity contribution in [3.8, 4) is 0 Å². The molecule has 0 saturated carbocycles. The van der Waals surface area contributed by atoms with Crippen molar-refractivity contribution in [3.63, 3.8) is 0 Å². The minimum atomic E-state index is 0.561. The molecule has 0 aliphatic heterocycles. The number of H-pyrrole nitrogens is 1. The second-order valence-corrected chi connectivity index (χ2v) is 5.22. The molecule has 1 aromatic heterocycles. The monoisotopic (exact) mass is 301 g/mol. The predicted octanol–water partition coefficient (Wildman–Crippen LogP) is 4.25. The molecule has 1 heterocycles. The predicted molar refractivity (Wildman–Crippen MR) is 77.0 cm³/mol. The Bertz CT molecular complexity index is 604. The molecule has 0 saturated heterocycles. The molecule has 2 aromatic rings. The fourth-order valence-corrected chi connectivity index (χ4v) is 2.33. The Morgan fingerprint density at radius 2 is 2.11 bits per heavy atom. The number of benzene rings is 1. The first-order chi connectivity index (χ1) is 8.61. The Hall–Kier alpha value is -0.840. The van der Waals surface area contributed by atoms with Gasteiger partial charge in [0, 0.05) is 13.0 Å². The van der Waals surface area contributed by atoms with Crippen LogP contribution in [-0.2, 0) is 13.0 Å². The van der Waals surface area contributed by atoms with Gasteiger partial charge in [0.15, 0.2) is 4.77 Å². The van der Waals surface area contributed by atoms with Crippen LogP contribution in [0.4, 0.5) is 0 Å². The molecule has 1 aromatic carbocycles. The van der Waals surface area contributed by atoms with Crippen molar-refractivity contribution in [2.24, 2.45) is 0 Å². The largest absolute Gasteiger partial charge is 0.304 e. The van der Waals surface area contributed by atoms with E-state index in [0.29, 0.717) is 21.2 Å². The lowest BCUT2D eigenvalue weighted by atomic mass is 10.1. The fourth-order valence-electron chi connectivity index (χ4n) is 1.77. The molecule has 0 unspecified atom stereocenters. The van der Waals surface area contributed by atoms with Crippen molar-refractivity contribution in [1.29, 1.82) is 0 Å². The lowest BCUT2D eigenvalue weighted by molar-refractivity contribution is 0.639. The molecular formula is C12H13Cl2N3S. The molecule has 0 amide bonds. The summed E-state index contributed by atoms with van der Waals surface area (Å²) in [6, 6.07) is 5.60. The summed E-state index contributed by atoms with van der Waals surface area (Å²) >= 11 is 17.1. The molecule has 0 bridgehead atoms. The van der Waals surface area contributed by atoms with E-state index >= 15 is 0 Å². The Balaban J connectivity index is 2.28. The van der Waals surface area contributed by atoms with Crippen molar-refractivity contribution < 1.29 is 0 Å². The zero-order valence-corrected chi connectivity index (χ0v) is 12.2. The molecule has 18 heavy (non-hydrogen) atoms. The molecule has 1 N–H and O–H groups in total. The van der Waals surface area contributed by atoms with Crippen molar-refractivity contribution in [2.45, 2.75) is 26.3 Å². The molecule has 96 valence electrons. The van der Waals surface area contributed by atoms with Gasteiger partial charge in [0.25, 0.3) is 0 Å². The zero-order valence-electron chi connectivity index (χ0n) is 9.91. The molecule has 0 fully saturated rings. The Morgan fingerprint density at radius 1 is 1.33 bits per heavy atom. The standard InChI is InChI=1S/C12H13Cl2N3S/c1-2-5-17-11(15-16-12(17)18)7-8-3-4-9(13)10(14)6-8/h3-4,6H,2,5,7H2,1H3,(H,16,18). The van der Waals surface area contributed by atoms with Gasteiger partial charge >= 0.3 is 0 Å². The molecule has 0 spiro atoms. The van der Waals surface area contributed by atoms with Crippen LogP contribution in [0.3, 0.4) is 0 Å². The van der Waals surface area contributed by atoms with Crippen molar-refractivity contribution in [2.75, 3.05) is 0 Å². The van der Waals surface area contributed by atoms with Gasteiger partial charge in [0.2, 0.25) is 0 Å². The third-order valence-electron chi connectivity index (χ3n) is 2.63. The maximum atomic E-state index is 6.00.